The summed E-state index contributed by atoms with van der Waals surface area (Å²) in [6, 6.07) is 0. The van der Waals surface area contributed by atoms with E-state index >= 15 is 0 Å². The minimum Gasteiger partial charge on any atom is -0.392 e. The predicted octanol–water partition coefficient (Wildman–Crippen LogP) is 0.686. The van der Waals surface area contributed by atoms with Crippen LogP contribution in [0.15, 0.2) is 24.8 Å². The molecule has 2 aromatic rings. The van der Waals surface area contributed by atoms with Crippen molar-refractivity contribution in [1.29, 1.82) is 0 Å². The molecular weight excluding hydrogens is 216 g/mol. The highest BCUT2D eigenvalue weighted by molar-refractivity contribution is 5.36. The van der Waals surface area contributed by atoms with Crippen LogP contribution in [0.1, 0.15) is 18.5 Å². The molecule has 5 nitrogen and oxygen atoms in total. The fourth-order valence-corrected chi connectivity index (χ4v) is 2.42. The fraction of sp³-hybridized carbons (Fsp3) is 0.500. The number of hydrogen-bond acceptors (Lipinski definition) is 4. The monoisotopic (exact) mass is 232 g/mol. The Morgan fingerprint density at radius 1 is 1.41 bits per heavy atom. The summed E-state index contributed by atoms with van der Waals surface area (Å²) in [6.45, 7) is 2.65. The summed E-state index contributed by atoms with van der Waals surface area (Å²) in [6.07, 6.45) is 9.16. The summed E-state index contributed by atoms with van der Waals surface area (Å²) >= 11 is 0. The van der Waals surface area contributed by atoms with Gasteiger partial charge in [-0.3, -0.25) is 14.3 Å². The van der Waals surface area contributed by atoms with Gasteiger partial charge in [-0.25, -0.2) is 4.98 Å². The lowest BCUT2D eigenvalue weighted by Gasteiger charge is -2.29. The van der Waals surface area contributed by atoms with Crippen LogP contribution < -0.4 is 0 Å². The largest absolute Gasteiger partial charge is 0.392 e. The molecule has 1 aliphatic heterocycles. The Bertz CT molecular complexity index is 510. The number of aromatic nitrogens is 3. The average molecular weight is 232 g/mol. The molecular formula is C12H16N4O. The van der Waals surface area contributed by atoms with E-state index in [9.17, 15) is 5.11 Å². The number of aliphatic hydroxyl groups excluding tert-OH is 1. The van der Waals surface area contributed by atoms with Gasteiger partial charge in [0.2, 0.25) is 0 Å². The van der Waals surface area contributed by atoms with Gasteiger partial charge >= 0.3 is 0 Å². The van der Waals surface area contributed by atoms with Gasteiger partial charge in [-0.1, -0.05) is 0 Å². The zero-order valence-electron chi connectivity index (χ0n) is 9.66. The van der Waals surface area contributed by atoms with Crippen molar-refractivity contribution in [2.75, 3.05) is 13.1 Å². The molecule has 0 amide bonds. The van der Waals surface area contributed by atoms with Crippen LogP contribution in [0, 0.1) is 0 Å². The zero-order valence-corrected chi connectivity index (χ0v) is 9.66. The van der Waals surface area contributed by atoms with Crippen LogP contribution in [0.4, 0.5) is 0 Å². The molecule has 5 heteroatoms. The smallest absolute Gasteiger partial charge is 0.155 e. The van der Waals surface area contributed by atoms with Gasteiger partial charge in [0.25, 0.3) is 0 Å². The van der Waals surface area contributed by atoms with E-state index in [4.69, 9.17) is 0 Å². The summed E-state index contributed by atoms with van der Waals surface area (Å²) in [5.74, 6) is 0. The van der Waals surface area contributed by atoms with E-state index in [-0.39, 0.29) is 6.10 Å². The maximum atomic E-state index is 9.65. The van der Waals surface area contributed by atoms with Crippen LogP contribution in [0.2, 0.25) is 0 Å². The molecule has 1 atom stereocenters. The minimum absolute atomic E-state index is 0.176. The minimum atomic E-state index is -0.176. The maximum Gasteiger partial charge on any atom is 0.155 e. The third kappa shape index (κ3) is 2.16. The molecule has 0 aliphatic carbocycles. The van der Waals surface area contributed by atoms with Crippen LogP contribution in [0.25, 0.3) is 5.65 Å². The van der Waals surface area contributed by atoms with Crippen molar-refractivity contribution in [1.82, 2.24) is 19.3 Å². The number of rotatable bonds is 2. The van der Waals surface area contributed by atoms with E-state index in [2.05, 4.69) is 14.9 Å². The first kappa shape index (κ1) is 10.7. The third-order valence-electron chi connectivity index (χ3n) is 3.26. The van der Waals surface area contributed by atoms with Crippen molar-refractivity contribution in [2.24, 2.45) is 0 Å². The Morgan fingerprint density at radius 3 is 3.24 bits per heavy atom. The Kier molecular flexibility index (Phi) is 2.78. The van der Waals surface area contributed by atoms with Crippen LogP contribution in [-0.4, -0.2) is 43.6 Å². The van der Waals surface area contributed by atoms with Gasteiger partial charge in [-0.2, -0.15) is 0 Å². The molecule has 17 heavy (non-hydrogen) atoms. The normalized spacial score (nSPS) is 22.1. The number of likely N-dealkylation sites (tertiary alicyclic amines) is 1. The van der Waals surface area contributed by atoms with Crippen LogP contribution >= 0.6 is 0 Å². The molecule has 1 N–H and O–H groups in total. The Morgan fingerprint density at radius 2 is 2.35 bits per heavy atom. The maximum absolute atomic E-state index is 9.65. The lowest BCUT2D eigenvalue weighted by molar-refractivity contribution is 0.0661. The first-order valence-corrected chi connectivity index (χ1v) is 5.99. The van der Waals surface area contributed by atoms with Crippen LogP contribution in [0.3, 0.4) is 0 Å². The summed E-state index contributed by atoms with van der Waals surface area (Å²) < 4.78 is 2.05. The van der Waals surface area contributed by atoms with Gasteiger partial charge in [0, 0.05) is 25.5 Å². The Labute approximate surface area is 99.7 Å². The van der Waals surface area contributed by atoms with Gasteiger partial charge in [-0.05, 0) is 19.4 Å². The second-order valence-corrected chi connectivity index (χ2v) is 4.59. The number of piperidine rings is 1. The molecule has 2 aromatic heterocycles. The molecule has 1 saturated heterocycles. The van der Waals surface area contributed by atoms with Gasteiger partial charge < -0.3 is 5.11 Å². The summed E-state index contributed by atoms with van der Waals surface area (Å²) in [4.78, 5) is 10.6. The van der Waals surface area contributed by atoms with E-state index in [1.807, 2.05) is 16.8 Å². The molecule has 90 valence electrons. The number of imidazole rings is 1. The van der Waals surface area contributed by atoms with E-state index < -0.39 is 0 Å². The molecule has 1 fully saturated rings. The summed E-state index contributed by atoms with van der Waals surface area (Å²) in [5, 5.41) is 9.65. The first-order valence-electron chi connectivity index (χ1n) is 5.99. The number of β-amino-alcohol motifs (C(OH)–C–C–N with tert-alkyl or cyclic N) is 1. The quantitative estimate of drug-likeness (QED) is 0.827. The number of hydrogen-bond donors (Lipinski definition) is 1. The van der Waals surface area contributed by atoms with Gasteiger partial charge in [0.05, 0.1) is 24.2 Å². The molecule has 0 aromatic carbocycles. The van der Waals surface area contributed by atoms with Crippen molar-refractivity contribution < 1.29 is 5.11 Å². The number of aliphatic hydroxyl groups is 1. The van der Waals surface area contributed by atoms with Crippen LogP contribution in [0.5, 0.6) is 0 Å². The molecule has 3 heterocycles. The standard InChI is InChI=1S/C12H16N4O/c17-11-2-1-4-15(9-11)8-10-6-14-12-7-13-3-5-16(10)12/h3,5-7,11,17H,1-2,4,8-9H2. The Balaban J connectivity index is 1.80. The predicted molar refractivity (Wildman–Crippen MR) is 63.5 cm³/mol. The molecule has 0 radical (unpaired) electrons. The summed E-state index contributed by atoms with van der Waals surface area (Å²) in [5.41, 5.74) is 2.02. The second kappa shape index (κ2) is 4.43. The topological polar surface area (TPSA) is 53.7 Å². The molecule has 1 aliphatic rings. The molecule has 0 bridgehead atoms. The molecule has 0 saturated carbocycles. The number of fused-ring (bicyclic) bond motifs is 1. The molecule has 0 spiro atoms. The van der Waals surface area contributed by atoms with Gasteiger partial charge in [0.1, 0.15) is 0 Å². The van der Waals surface area contributed by atoms with E-state index in [0.717, 1.165) is 43.8 Å². The second-order valence-electron chi connectivity index (χ2n) is 4.59. The van der Waals surface area contributed by atoms with Crippen molar-refractivity contribution in [2.45, 2.75) is 25.5 Å². The average Bonchev–Trinajstić information content (AvgIpc) is 2.73. The van der Waals surface area contributed by atoms with E-state index in [1.54, 1.807) is 12.4 Å². The van der Waals surface area contributed by atoms with Crippen molar-refractivity contribution in [3.63, 3.8) is 0 Å². The zero-order chi connectivity index (χ0) is 11.7. The van der Waals surface area contributed by atoms with Crippen molar-refractivity contribution in [3.8, 4) is 0 Å². The lowest BCUT2D eigenvalue weighted by atomic mass is 10.1. The van der Waals surface area contributed by atoms with E-state index in [0.29, 0.717) is 0 Å². The highest BCUT2D eigenvalue weighted by Gasteiger charge is 2.18. The summed E-state index contributed by atoms with van der Waals surface area (Å²) in [7, 11) is 0. The third-order valence-corrected chi connectivity index (χ3v) is 3.26. The highest BCUT2D eigenvalue weighted by Crippen LogP contribution is 2.14. The van der Waals surface area contributed by atoms with Crippen molar-refractivity contribution >= 4 is 5.65 Å². The first-order chi connectivity index (χ1) is 8.33. The van der Waals surface area contributed by atoms with Gasteiger partial charge in [0.15, 0.2) is 5.65 Å². The van der Waals surface area contributed by atoms with E-state index in [1.165, 1.54) is 0 Å². The Hall–Kier alpha value is -1.46. The lowest BCUT2D eigenvalue weighted by Crippen LogP contribution is -2.37. The number of nitrogens with zero attached hydrogens (tertiary/aromatic N) is 4. The molecule has 3 rings (SSSR count). The van der Waals surface area contributed by atoms with Crippen LogP contribution in [-0.2, 0) is 6.54 Å². The fourth-order valence-electron chi connectivity index (χ4n) is 2.42. The van der Waals surface area contributed by atoms with Gasteiger partial charge in [-0.15, -0.1) is 0 Å². The highest BCUT2D eigenvalue weighted by atomic mass is 16.3. The van der Waals surface area contributed by atoms with Crippen molar-refractivity contribution in [3.05, 3.63) is 30.5 Å². The molecule has 1 unspecified atom stereocenters. The SMILES string of the molecule is OC1CCCN(Cc2cnc3cnccn23)C1.